The quantitative estimate of drug-likeness (QED) is 0.740. The van der Waals surface area contributed by atoms with Gasteiger partial charge in [0.25, 0.3) is 0 Å². The molecule has 0 saturated heterocycles. The molecule has 0 aliphatic carbocycles. The van der Waals surface area contributed by atoms with Crippen molar-refractivity contribution < 1.29 is 9.13 Å². The lowest BCUT2D eigenvalue weighted by molar-refractivity contribution is 0.326. The maximum Gasteiger partial charge on any atom is 0.154 e. The standard InChI is InChI=1S/C10H6ClFN2O/c11-7(4-13)6-15-10-3-1-2-9(12)8(10)5-14/h1-3,7H,6H2. The third kappa shape index (κ3) is 2.83. The van der Waals surface area contributed by atoms with Crippen LogP contribution in [0.4, 0.5) is 4.39 Å². The van der Waals surface area contributed by atoms with E-state index in [-0.39, 0.29) is 17.9 Å². The fourth-order valence-electron chi connectivity index (χ4n) is 0.933. The molecule has 0 aliphatic rings. The minimum Gasteiger partial charge on any atom is -0.489 e. The van der Waals surface area contributed by atoms with Crippen molar-refractivity contribution in [1.82, 2.24) is 0 Å². The summed E-state index contributed by atoms with van der Waals surface area (Å²) in [4.78, 5) is 0. The van der Waals surface area contributed by atoms with Gasteiger partial charge in [-0.15, -0.1) is 11.6 Å². The van der Waals surface area contributed by atoms with Crippen LogP contribution in [0.5, 0.6) is 5.75 Å². The molecule has 76 valence electrons. The highest BCUT2D eigenvalue weighted by atomic mass is 35.5. The summed E-state index contributed by atoms with van der Waals surface area (Å²) in [5, 5.41) is 16.2. The van der Waals surface area contributed by atoms with E-state index in [1.807, 2.05) is 0 Å². The summed E-state index contributed by atoms with van der Waals surface area (Å²) < 4.78 is 18.1. The molecule has 1 unspecified atom stereocenters. The van der Waals surface area contributed by atoms with Gasteiger partial charge in [-0.05, 0) is 12.1 Å². The van der Waals surface area contributed by atoms with Crippen LogP contribution < -0.4 is 4.74 Å². The SMILES string of the molecule is N#Cc1c(F)cccc1OCC(Cl)C#N. The van der Waals surface area contributed by atoms with Gasteiger partial charge in [0.1, 0.15) is 29.8 Å². The van der Waals surface area contributed by atoms with E-state index in [0.717, 1.165) is 6.07 Å². The van der Waals surface area contributed by atoms with Crippen LogP contribution in [0.2, 0.25) is 0 Å². The lowest BCUT2D eigenvalue weighted by Gasteiger charge is -2.07. The Labute approximate surface area is 91.3 Å². The molecule has 3 nitrogen and oxygen atoms in total. The molecule has 1 aromatic carbocycles. The first-order valence-electron chi connectivity index (χ1n) is 4.04. The van der Waals surface area contributed by atoms with Crippen LogP contribution in [-0.4, -0.2) is 12.0 Å². The minimum atomic E-state index is -0.820. The summed E-state index contributed by atoms with van der Waals surface area (Å²) in [6, 6.07) is 7.46. The van der Waals surface area contributed by atoms with E-state index < -0.39 is 11.2 Å². The molecule has 1 atom stereocenters. The molecule has 0 radical (unpaired) electrons. The Morgan fingerprint density at radius 2 is 2.20 bits per heavy atom. The Balaban J connectivity index is 2.83. The van der Waals surface area contributed by atoms with Crippen molar-refractivity contribution in [3.63, 3.8) is 0 Å². The molecule has 0 spiro atoms. The number of alkyl halides is 1. The molecule has 0 bridgehead atoms. The highest BCUT2D eigenvalue weighted by Crippen LogP contribution is 2.20. The molecule has 1 rings (SSSR count). The van der Waals surface area contributed by atoms with Gasteiger partial charge in [0.2, 0.25) is 0 Å². The first-order chi connectivity index (χ1) is 7.19. The molecule has 0 saturated carbocycles. The van der Waals surface area contributed by atoms with Crippen molar-refractivity contribution in [3.8, 4) is 17.9 Å². The third-order valence-corrected chi connectivity index (χ3v) is 1.84. The lowest BCUT2D eigenvalue weighted by Crippen LogP contribution is -2.10. The Kier molecular flexibility index (Phi) is 3.91. The Morgan fingerprint density at radius 3 is 2.80 bits per heavy atom. The Bertz CT molecular complexity index is 436. The van der Waals surface area contributed by atoms with Crippen LogP contribution in [-0.2, 0) is 0 Å². The second-order valence-corrected chi connectivity index (χ2v) is 3.16. The largest absolute Gasteiger partial charge is 0.489 e. The second kappa shape index (κ2) is 5.19. The fraction of sp³-hybridized carbons (Fsp3) is 0.200. The number of hydrogen-bond acceptors (Lipinski definition) is 3. The molecule has 1 aromatic rings. The number of nitrogens with zero attached hydrogens (tertiary/aromatic N) is 2. The molecule has 0 amide bonds. The van der Waals surface area contributed by atoms with Crippen LogP contribution in [0, 0.1) is 28.5 Å². The average molecular weight is 225 g/mol. The van der Waals surface area contributed by atoms with Gasteiger partial charge in [-0.25, -0.2) is 4.39 Å². The maximum atomic E-state index is 13.1. The maximum absolute atomic E-state index is 13.1. The summed E-state index contributed by atoms with van der Waals surface area (Å²) in [7, 11) is 0. The van der Waals surface area contributed by atoms with E-state index in [1.165, 1.54) is 12.1 Å². The predicted octanol–water partition coefficient (Wildman–Crippen LogP) is 2.21. The van der Waals surface area contributed by atoms with Crippen molar-refractivity contribution >= 4 is 11.6 Å². The molecule has 0 aliphatic heterocycles. The normalized spacial score (nSPS) is 11.2. The van der Waals surface area contributed by atoms with Gasteiger partial charge in [-0.1, -0.05) is 6.07 Å². The van der Waals surface area contributed by atoms with Gasteiger partial charge in [-0.2, -0.15) is 10.5 Å². The molecular formula is C10H6ClFN2O. The number of hydrogen-bond donors (Lipinski definition) is 0. The first-order valence-corrected chi connectivity index (χ1v) is 4.47. The van der Waals surface area contributed by atoms with Gasteiger partial charge in [0.05, 0.1) is 6.07 Å². The van der Waals surface area contributed by atoms with Crippen LogP contribution in [0.3, 0.4) is 0 Å². The second-order valence-electron chi connectivity index (χ2n) is 2.63. The zero-order valence-electron chi connectivity index (χ0n) is 7.58. The molecule has 15 heavy (non-hydrogen) atoms. The van der Waals surface area contributed by atoms with E-state index in [2.05, 4.69) is 0 Å². The van der Waals surface area contributed by atoms with Gasteiger partial charge in [-0.3, -0.25) is 0 Å². The van der Waals surface area contributed by atoms with Crippen LogP contribution in [0.25, 0.3) is 0 Å². The van der Waals surface area contributed by atoms with Gasteiger partial charge in [0.15, 0.2) is 5.38 Å². The van der Waals surface area contributed by atoms with Crippen LogP contribution in [0.1, 0.15) is 5.56 Å². The number of benzene rings is 1. The third-order valence-electron chi connectivity index (χ3n) is 1.61. The van der Waals surface area contributed by atoms with E-state index in [4.69, 9.17) is 26.9 Å². The smallest absolute Gasteiger partial charge is 0.154 e. The molecular weight excluding hydrogens is 219 g/mol. The van der Waals surface area contributed by atoms with E-state index >= 15 is 0 Å². The monoisotopic (exact) mass is 224 g/mol. The van der Waals surface area contributed by atoms with Crippen molar-refractivity contribution in [1.29, 1.82) is 10.5 Å². The average Bonchev–Trinajstić information content (AvgIpc) is 2.25. The van der Waals surface area contributed by atoms with Crippen molar-refractivity contribution in [2.75, 3.05) is 6.61 Å². The van der Waals surface area contributed by atoms with Crippen LogP contribution in [0.15, 0.2) is 18.2 Å². The van der Waals surface area contributed by atoms with Crippen LogP contribution >= 0.6 is 11.6 Å². The summed E-state index contributed by atoms with van der Waals surface area (Å²) in [5.41, 5.74) is -0.181. The fourth-order valence-corrected chi connectivity index (χ4v) is 0.996. The van der Waals surface area contributed by atoms with Gasteiger partial charge < -0.3 is 4.74 Å². The minimum absolute atomic E-state index is 0.0871. The Hall–Kier alpha value is -1.78. The first kappa shape index (κ1) is 11.3. The number of halogens is 2. The molecule has 0 aromatic heterocycles. The summed E-state index contributed by atoms with van der Waals surface area (Å²) in [6.45, 7) is -0.0871. The molecule has 5 heteroatoms. The van der Waals surface area contributed by atoms with Crippen molar-refractivity contribution in [2.24, 2.45) is 0 Å². The number of rotatable bonds is 3. The molecule has 0 fully saturated rings. The highest BCUT2D eigenvalue weighted by molar-refractivity contribution is 6.22. The number of nitriles is 2. The summed E-state index contributed by atoms with van der Waals surface area (Å²) in [5.74, 6) is -0.559. The topological polar surface area (TPSA) is 56.8 Å². The van der Waals surface area contributed by atoms with E-state index in [0.29, 0.717) is 0 Å². The van der Waals surface area contributed by atoms with Crippen molar-refractivity contribution in [3.05, 3.63) is 29.6 Å². The van der Waals surface area contributed by atoms with E-state index in [1.54, 1.807) is 12.1 Å². The van der Waals surface area contributed by atoms with Crippen molar-refractivity contribution in [2.45, 2.75) is 5.38 Å². The predicted molar refractivity (Wildman–Crippen MR) is 51.9 cm³/mol. The highest BCUT2D eigenvalue weighted by Gasteiger charge is 2.10. The molecule has 0 heterocycles. The lowest BCUT2D eigenvalue weighted by atomic mass is 10.2. The molecule has 0 N–H and O–H groups in total. The summed E-state index contributed by atoms with van der Waals surface area (Å²) >= 11 is 5.49. The van der Waals surface area contributed by atoms with Gasteiger partial charge >= 0.3 is 0 Å². The zero-order valence-corrected chi connectivity index (χ0v) is 8.33. The Morgan fingerprint density at radius 1 is 1.47 bits per heavy atom. The number of ether oxygens (including phenoxy) is 1. The van der Waals surface area contributed by atoms with Gasteiger partial charge in [0, 0.05) is 0 Å². The summed E-state index contributed by atoms with van der Waals surface area (Å²) in [6.07, 6.45) is 0. The van der Waals surface area contributed by atoms with E-state index in [9.17, 15) is 4.39 Å². The zero-order chi connectivity index (χ0) is 11.3.